The summed E-state index contributed by atoms with van der Waals surface area (Å²) >= 11 is 0. The molecule has 1 aliphatic heterocycles. The van der Waals surface area contributed by atoms with E-state index in [0.717, 1.165) is 12.0 Å². The van der Waals surface area contributed by atoms with E-state index in [0.29, 0.717) is 0 Å². The lowest BCUT2D eigenvalue weighted by Crippen LogP contribution is -2.37. The zero-order chi connectivity index (χ0) is 6.97. The van der Waals surface area contributed by atoms with Gasteiger partial charge in [0.1, 0.15) is 0 Å². The van der Waals surface area contributed by atoms with Gasteiger partial charge in [-0.2, -0.15) is 0 Å². The second-order valence-corrected chi connectivity index (χ2v) is 2.48. The third-order valence-electron chi connectivity index (χ3n) is 1.84. The molecule has 2 N–H and O–H groups in total. The zero-order valence-corrected chi connectivity index (χ0v) is 5.54. The number of hydrogen-bond donors (Lipinski definition) is 2. The van der Waals surface area contributed by atoms with Gasteiger partial charge < -0.3 is 10.3 Å². The van der Waals surface area contributed by atoms with Crippen molar-refractivity contribution in [2.45, 2.75) is 6.54 Å². The average molecular weight is 133 g/mol. The van der Waals surface area contributed by atoms with Gasteiger partial charge in [0.05, 0.1) is 0 Å². The third-order valence-corrected chi connectivity index (χ3v) is 1.84. The van der Waals surface area contributed by atoms with Crippen LogP contribution in [-0.2, 0) is 6.54 Å². The highest BCUT2D eigenvalue weighted by atomic mass is 16.2. The standard InChI is InChI=1S/C7H8BNO/c10-8-7-4-2-1-3-6(7)5-9-8/h1-4,9-10H,5H2. The zero-order valence-electron chi connectivity index (χ0n) is 5.54. The number of fused-ring (bicyclic) bond motifs is 1. The Kier molecular flexibility index (Phi) is 1.26. The minimum absolute atomic E-state index is 0.448. The van der Waals surface area contributed by atoms with Gasteiger partial charge in [0.15, 0.2) is 0 Å². The molecule has 2 nitrogen and oxygen atoms in total. The highest BCUT2D eigenvalue weighted by Gasteiger charge is 2.23. The van der Waals surface area contributed by atoms with Crippen molar-refractivity contribution in [3.63, 3.8) is 0 Å². The van der Waals surface area contributed by atoms with Crippen molar-refractivity contribution in [1.82, 2.24) is 5.23 Å². The van der Waals surface area contributed by atoms with E-state index in [4.69, 9.17) is 0 Å². The monoisotopic (exact) mass is 133 g/mol. The molecule has 10 heavy (non-hydrogen) atoms. The average Bonchev–Trinajstić information content (AvgIpc) is 2.34. The van der Waals surface area contributed by atoms with Crippen molar-refractivity contribution in [2.24, 2.45) is 0 Å². The Balaban J connectivity index is 2.51. The van der Waals surface area contributed by atoms with Gasteiger partial charge in [-0.05, 0) is 11.0 Å². The molecule has 0 atom stereocenters. The normalized spacial score (nSPS) is 15.5. The summed E-state index contributed by atoms with van der Waals surface area (Å²) < 4.78 is 0. The molecule has 0 fully saturated rings. The predicted molar refractivity (Wildman–Crippen MR) is 40.9 cm³/mol. The minimum atomic E-state index is -0.448. The predicted octanol–water partition coefficient (Wildman–Crippen LogP) is -0.523. The summed E-state index contributed by atoms with van der Waals surface area (Å²) in [7, 11) is -0.448. The van der Waals surface area contributed by atoms with E-state index in [9.17, 15) is 5.02 Å². The van der Waals surface area contributed by atoms with E-state index in [1.54, 1.807) is 0 Å². The van der Waals surface area contributed by atoms with E-state index in [1.807, 2.05) is 24.3 Å². The van der Waals surface area contributed by atoms with Gasteiger partial charge in [-0.25, -0.2) is 0 Å². The summed E-state index contributed by atoms with van der Waals surface area (Å²) in [6.07, 6.45) is 0. The van der Waals surface area contributed by atoms with Crippen LogP contribution in [-0.4, -0.2) is 12.1 Å². The minimum Gasteiger partial charge on any atom is -0.433 e. The Morgan fingerprint density at radius 3 is 3.00 bits per heavy atom. The first-order valence-electron chi connectivity index (χ1n) is 3.37. The van der Waals surface area contributed by atoms with E-state index in [2.05, 4.69) is 5.23 Å². The molecule has 0 saturated heterocycles. The van der Waals surface area contributed by atoms with Gasteiger partial charge in [0, 0.05) is 6.54 Å². The van der Waals surface area contributed by atoms with Gasteiger partial charge in [-0.3, -0.25) is 0 Å². The molecule has 0 aliphatic carbocycles. The van der Waals surface area contributed by atoms with Crippen molar-refractivity contribution < 1.29 is 5.02 Å². The summed E-state index contributed by atoms with van der Waals surface area (Å²) in [4.78, 5) is 0. The van der Waals surface area contributed by atoms with Gasteiger partial charge >= 0.3 is 7.05 Å². The third kappa shape index (κ3) is 0.752. The van der Waals surface area contributed by atoms with Crippen LogP contribution >= 0.6 is 0 Å². The van der Waals surface area contributed by atoms with Crippen molar-refractivity contribution >= 4 is 12.5 Å². The molecule has 0 unspecified atom stereocenters. The molecule has 0 saturated carbocycles. The van der Waals surface area contributed by atoms with Gasteiger partial charge in [-0.15, -0.1) is 0 Å². The Morgan fingerprint density at radius 1 is 1.40 bits per heavy atom. The van der Waals surface area contributed by atoms with E-state index >= 15 is 0 Å². The highest BCUT2D eigenvalue weighted by molar-refractivity contribution is 6.65. The van der Waals surface area contributed by atoms with Crippen LogP contribution in [0.25, 0.3) is 0 Å². The lowest BCUT2D eigenvalue weighted by molar-refractivity contribution is 0.569. The molecule has 0 bridgehead atoms. The maximum absolute atomic E-state index is 9.27. The number of hydrogen-bond acceptors (Lipinski definition) is 2. The van der Waals surface area contributed by atoms with Crippen molar-refractivity contribution in [3.05, 3.63) is 29.8 Å². The van der Waals surface area contributed by atoms with Gasteiger partial charge in [-0.1, -0.05) is 24.3 Å². The topological polar surface area (TPSA) is 32.3 Å². The first kappa shape index (κ1) is 5.95. The largest absolute Gasteiger partial charge is 0.433 e. The Bertz CT molecular complexity index is 251. The van der Waals surface area contributed by atoms with E-state index < -0.39 is 7.05 Å². The Labute approximate surface area is 60.0 Å². The summed E-state index contributed by atoms with van der Waals surface area (Å²) in [5.74, 6) is 0. The van der Waals surface area contributed by atoms with Crippen molar-refractivity contribution in [3.8, 4) is 0 Å². The summed E-state index contributed by atoms with van der Waals surface area (Å²) in [5.41, 5.74) is 2.22. The quantitative estimate of drug-likeness (QED) is 0.466. The smallest absolute Gasteiger partial charge is 0.413 e. The second-order valence-electron chi connectivity index (χ2n) is 2.48. The van der Waals surface area contributed by atoms with E-state index in [-0.39, 0.29) is 0 Å². The maximum atomic E-state index is 9.27. The molecule has 1 heterocycles. The number of nitrogens with one attached hydrogen (secondary N) is 1. The molecular formula is C7H8BNO. The Morgan fingerprint density at radius 2 is 2.20 bits per heavy atom. The summed E-state index contributed by atoms with van der Waals surface area (Å²) in [5, 5.41) is 12.2. The molecule has 0 amide bonds. The fourth-order valence-corrected chi connectivity index (χ4v) is 1.28. The number of benzene rings is 1. The highest BCUT2D eigenvalue weighted by Crippen LogP contribution is 2.01. The molecule has 0 spiro atoms. The molecule has 50 valence electrons. The first-order chi connectivity index (χ1) is 4.88. The van der Waals surface area contributed by atoms with Crippen molar-refractivity contribution in [1.29, 1.82) is 0 Å². The van der Waals surface area contributed by atoms with Crippen LogP contribution in [0.5, 0.6) is 0 Å². The fraction of sp³-hybridized carbons (Fsp3) is 0.143. The molecular weight excluding hydrogens is 125 g/mol. The maximum Gasteiger partial charge on any atom is 0.413 e. The lowest BCUT2D eigenvalue weighted by Gasteiger charge is -1.95. The van der Waals surface area contributed by atoms with Crippen LogP contribution in [0.4, 0.5) is 0 Å². The van der Waals surface area contributed by atoms with Crippen LogP contribution < -0.4 is 10.7 Å². The van der Waals surface area contributed by atoms with Crippen LogP contribution in [0.2, 0.25) is 0 Å². The lowest BCUT2D eigenvalue weighted by atomic mass is 9.76. The molecule has 1 aromatic rings. The number of rotatable bonds is 0. The van der Waals surface area contributed by atoms with E-state index in [1.165, 1.54) is 5.56 Å². The van der Waals surface area contributed by atoms with Crippen LogP contribution in [0.1, 0.15) is 5.56 Å². The fourth-order valence-electron chi connectivity index (χ4n) is 1.28. The Hall–Kier alpha value is -0.795. The van der Waals surface area contributed by atoms with Gasteiger partial charge in [0.2, 0.25) is 0 Å². The summed E-state index contributed by atoms with van der Waals surface area (Å²) in [6.45, 7) is 0.789. The second kappa shape index (κ2) is 2.11. The van der Waals surface area contributed by atoms with Gasteiger partial charge in [0.25, 0.3) is 0 Å². The molecule has 0 radical (unpaired) electrons. The van der Waals surface area contributed by atoms with Crippen LogP contribution in [0.3, 0.4) is 0 Å². The molecule has 1 aromatic carbocycles. The first-order valence-corrected chi connectivity index (χ1v) is 3.37. The van der Waals surface area contributed by atoms with Crippen LogP contribution in [0, 0.1) is 0 Å². The molecule has 2 rings (SSSR count). The molecule has 0 aromatic heterocycles. The molecule has 3 heteroatoms. The van der Waals surface area contributed by atoms with Crippen LogP contribution in [0.15, 0.2) is 24.3 Å². The molecule has 1 aliphatic rings. The summed E-state index contributed by atoms with van der Waals surface area (Å²) in [6, 6.07) is 7.90. The SMILES string of the molecule is OB1NCc2ccccc21. The van der Waals surface area contributed by atoms with Crippen molar-refractivity contribution in [2.75, 3.05) is 0 Å².